The molecule has 3 heteroatoms. The van der Waals surface area contributed by atoms with Gasteiger partial charge >= 0.3 is 0 Å². The van der Waals surface area contributed by atoms with Crippen molar-refractivity contribution in [2.75, 3.05) is 5.84 Å². The Hall–Kier alpha value is -1.64. The Morgan fingerprint density at radius 2 is 1.63 bits per heavy atom. The van der Waals surface area contributed by atoms with Crippen molar-refractivity contribution in [3.63, 3.8) is 0 Å². The third-order valence-electron chi connectivity index (χ3n) is 3.01. The SMILES string of the molecule is CC(C)(C)Oc1ccc2cc(C(C)(C)C)n(N)c2c1. The van der Waals surface area contributed by atoms with E-state index in [1.807, 2.05) is 32.9 Å². The van der Waals surface area contributed by atoms with E-state index in [2.05, 4.69) is 32.9 Å². The minimum Gasteiger partial charge on any atom is -0.488 e. The standard InChI is InChI=1S/C16H24N2O/c1-15(2,3)14-9-11-7-8-12(19-16(4,5)6)10-13(11)18(14)17/h7-10H,17H2,1-6H3. The van der Waals surface area contributed by atoms with Gasteiger partial charge in [0.05, 0.1) is 5.52 Å². The van der Waals surface area contributed by atoms with Gasteiger partial charge < -0.3 is 10.6 Å². The number of aromatic nitrogens is 1. The average molecular weight is 260 g/mol. The smallest absolute Gasteiger partial charge is 0.122 e. The second kappa shape index (κ2) is 4.19. The van der Waals surface area contributed by atoms with Crippen LogP contribution in [0, 0.1) is 0 Å². The average Bonchev–Trinajstić information content (AvgIpc) is 2.53. The van der Waals surface area contributed by atoms with E-state index in [9.17, 15) is 0 Å². The molecule has 1 heterocycles. The molecule has 2 N–H and O–H groups in total. The van der Waals surface area contributed by atoms with Crippen molar-refractivity contribution < 1.29 is 4.74 Å². The van der Waals surface area contributed by atoms with Gasteiger partial charge in [0.25, 0.3) is 0 Å². The largest absolute Gasteiger partial charge is 0.488 e. The molecule has 0 saturated heterocycles. The van der Waals surface area contributed by atoms with Gasteiger partial charge in [0.1, 0.15) is 11.4 Å². The van der Waals surface area contributed by atoms with Crippen LogP contribution >= 0.6 is 0 Å². The molecule has 0 aliphatic rings. The minimum atomic E-state index is -0.202. The number of hydrogen-bond donors (Lipinski definition) is 1. The first-order valence-electron chi connectivity index (χ1n) is 6.68. The van der Waals surface area contributed by atoms with E-state index >= 15 is 0 Å². The highest BCUT2D eigenvalue weighted by molar-refractivity contribution is 5.83. The fourth-order valence-electron chi connectivity index (χ4n) is 2.20. The Morgan fingerprint density at radius 3 is 2.16 bits per heavy atom. The van der Waals surface area contributed by atoms with Crippen molar-refractivity contribution in [2.24, 2.45) is 0 Å². The quantitative estimate of drug-likeness (QED) is 0.792. The van der Waals surface area contributed by atoms with E-state index in [1.54, 1.807) is 4.68 Å². The van der Waals surface area contributed by atoms with Crippen LogP contribution in [0.2, 0.25) is 0 Å². The predicted molar refractivity (Wildman–Crippen MR) is 81.2 cm³/mol. The van der Waals surface area contributed by atoms with Crippen LogP contribution < -0.4 is 10.6 Å². The molecule has 0 spiro atoms. The third-order valence-corrected chi connectivity index (χ3v) is 3.01. The summed E-state index contributed by atoms with van der Waals surface area (Å²) in [5.74, 6) is 7.07. The van der Waals surface area contributed by atoms with E-state index < -0.39 is 0 Å². The zero-order chi connectivity index (χ0) is 14.4. The van der Waals surface area contributed by atoms with Gasteiger partial charge in [0.2, 0.25) is 0 Å². The number of rotatable bonds is 1. The molecule has 0 radical (unpaired) electrons. The number of nitrogen functional groups attached to an aromatic ring is 1. The van der Waals surface area contributed by atoms with E-state index in [-0.39, 0.29) is 11.0 Å². The zero-order valence-electron chi connectivity index (χ0n) is 12.7. The van der Waals surface area contributed by atoms with Crippen LogP contribution in [-0.2, 0) is 5.41 Å². The normalized spacial score (nSPS) is 12.9. The van der Waals surface area contributed by atoms with Crippen LogP contribution in [-0.4, -0.2) is 10.3 Å². The first-order chi connectivity index (χ1) is 8.58. The Balaban J connectivity index is 2.52. The summed E-state index contributed by atoms with van der Waals surface area (Å²) in [5.41, 5.74) is 1.95. The third kappa shape index (κ3) is 2.86. The Labute approximate surface area is 115 Å². The molecule has 0 atom stereocenters. The van der Waals surface area contributed by atoms with Crippen LogP contribution in [0.5, 0.6) is 5.75 Å². The summed E-state index contributed by atoms with van der Waals surface area (Å²) in [5, 5.41) is 1.15. The molecule has 0 saturated carbocycles. The summed E-state index contributed by atoms with van der Waals surface area (Å²) in [7, 11) is 0. The van der Waals surface area contributed by atoms with Crippen LogP contribution in [0.3, 0.4) is 0 Å². The fourth-order valence-corrected chi connectivity index (χ4v) is 2.20. The van der Waals surface area contributed by atoms with Crippen LogP contribution in [0.25, 0.3) is 10.9 Å². The maximum absolute atomic E-state index is 6.22. The maximum atomic E-state index is 6.22. The van der Waals surface area contributed by atoms with Crippen LogP contribution in [0.4, 0.5) is 0 Å². The second-order valence-corrected chi connectivity index (χ2v) is 7.08. The van der Waals surface area contributed by atoms with E-state index in [4.69, 9.17) is 10.6 Å². The van der Waals surface area contributed by atoms with Gasteiger partial charge in [0.15, 0.2) is 0 Å². The maximum Gasteiger partial charge on any atom is 0.122 e. The van der Waals surface area contributed by atoms with E-state index in [0.717, 1.165) is 22.3 Å². The molecule has 0 aliphatic heterocycles. The van der Waals surface area contributed by atoms with Gasteiger partial charge in [-0.2, -0.15) is 0 Å². The molecule has 1 aromatic carbocycles. The lowest BCUT2D eigenvalue weighted by molar-refractivity contribution is 0.131. The first-order valence-corrected chi connectivity index (χ1v) is 6.68. The van der Waals surface area contributed by atoms with Crippen molar-refractivity contribution in [2.45, 2.75) is 52.6 Å². The Morgan fingerprint density at radius 1 is 1.00 bits per heavy atom. The van der Waals surface area contributed by atoms with Gasteiger partial charge in [-0.15, -0.1) is 0 Å². The zero-order valence-corrected chi connectivity index (χ0v) is 12.7. The highest BCUT2D eigenvalue weighted by Gasteiger charge is 2.20. The molecule has 1 aromatic heterocycles. The summed E-state index contributed by atoms with van der Waals surface area (Å²) in [6, 6.07) is 8.22. The second-order valence-electron chi connectivity index (χ2n) is 7.08. The highest BCUT2D eigenvalue weighted by Crippen LogP contribution is 2.30. The summed E-state index contributed by atoms with van der Waals surface area (Å²) in [6.45, 7) is 12.6. The van der Waals surface area contributed by atoms with E-state index in [0.29, 0.717) is 0 Å². The van der Waals surface area contributed by atoms with Gasteiger partial charge in [-0.3, -0.25) is 4.68 Å². The minimum absolute atomic E-state index is 0.0266. The molecular weight excluding hydrogens is 236 g/mol. The number of benzene rings is 1. The lowest BCUT2D eigenvalue weighted by atomic mass is 9.92. The van der Waals surface area contributed by atoms with Crippen molar-refractivity contribution in [3.8, 4) is 5.75 Å². The fraction of sp³-hybridized carbons (Fsp3) is 0.500. The highest BCUT2D eigenvalue weighted by atomic mass is 16.5. The lowest BCUT2D eigenvalue weighted by Crippen LogP contribution is -2.23. The van der Waals surface area contributed by atoms with Gasteiger partial charge in [-0.1, -0.05) is 20.8 Å². The molecule has 0 aliphatic carbocycles. The number of ether oxygens (including phenoxy) is 1. The molecule has 19 heavy (non-hydrogen) atoms. The van der Waals surface area contributed by atoms with Gasteiger partial charge in [-0.05, 0) is 39.0 Å². The Bertz CT molecular complexity index is 597. The first kappa shape index (κ1) is 13.8. The molecule has 0 fully saturated rings. The number of fused-ring (bicyclic) bond motifs is 1. The number of nitrogens with two attached hydrogens (primary N) is 1. The van der Waals surface area contributed by atoms with Crippen molar-refractivity contribution in [1.29, 1.82) is 0 Å². The number of hydrogen-bond acceptors (Lipinski definition) is 2. The van der Waals surface area contributed by atoms with Crippen LogP contribution in [0.15, 0.2) is 24.3 Å². The molecule has 0 bridgehead atoms. The lowest BCUT2D eigenvalue weighted by Gasteiger charge is -2.21. The van der Waals surface area contributed by atoms with Crippen LogP contribution in [0.1, 0.15) is 47.2 Å². The summed E-state index contributed by atoms with van der Waals surface area (Å²) in [6.07, 6.45) is 0. The molecule has 3 nitrogen and oxygen atoms in total. The topological polar surface area (TPSA) is 40.2 Å². The molecule has 104 valence electrons. The van der Waals surface area contributed by atoms with Crippen molar-refractivity contribution >= 4 is 10.9 Å². The van der Waals surface area contributed by atoms with Crippen molar-refractivity contribution in [3.05, 3.63) is 30.0 Å². The summed E-state index contributed by atoms with van der Waals surface area (Å²) < 4.78 is 7.66. The number of nitrogens with zero attached hydrogens (tertiary/aromatic N) is 1. The molecule has 2 aromatic rings. The van der Waals surface area contributed by atoms with Crippen molar-refractivity contribution in [1.82, 2.24) is 4.68 Å². The summed E-state index contributed by atoms with van der Waals surface area (Å²) >= 11 is 0. The monoisotopic (exact) mass is 260 g/mol. The molecular formula is C16H24N2O. The van der Waals surface area contributed by atoms with Gasteiger partial charge in [0, 0.05) is 22.6 Å². The predicted octanol–water partition coefficient (Wildman–Crippen LogP) is 3.83. The summed E-state index contributed by atoms with van der Waals surface area (Å²) in [4.78, 5) is 0. The molecule has 0 amide bonds. The Kier molecular flexibility index (Phi) is 3.04. The van der Waals surface area contributed by atoms with Gasteiger partial charge in [-0.25, -0.2) is 0 Å². The molecule has 2 rings (SSSR count). The molecule has 0 unspecified atom stereocenters. The van der Waals surface area contributed by atoms with E-state index in [1.165, 1.54) is 0 Å².